The molecule has 0 bridgehead atoms. The van der Waals surface area contributed by atoms with Crippen molar-refractivity contribution in [3.63, 3.8) is 0 Å². The Balaban J connectivity index is 2.03. The maximum atomic E-state index is 5.76. The van der Waals surface area contributed by atoms with Gasteiger partial charge in [-0.3, -0.25) is 0 Å². The summed E-state index contributed by atoms with van der Waals surface area (Å²) in [6.07, 6.45) is 5.77. The minimum Gasteiger partial charge on any atom is -0.377 e. The molecule has 0 aromatic carbocycles. The molecule has 2 fully saturated rings. The fourth-order valence-electron chi connectivity index (χ4n) is 2.32. The van der Waals surface area contributed by atoms with Crippen molar-refractivity contribution < 1.29 is 4.74 Å². The molecule has 0 unspecified atom stereocenters. The summed E-state index contributed by atoms with van der Waals surface area (Å²) in [6, 6.07) is 0.734. The Kier molecular flexibility index (Phi) is 2.14. The van der Waals surface area contributed by atoms with E-state index in [-0.39, 0.29) is 0 Å². The predicted molar refractivity (Wildman–Crippen MR) is 44.6 cm³/mol. The van der Waals surface area contributed by atoms with Crippen LogP contribution < -0.4 is 0 Å². The number of likely N-dealkylation sites (N-methyl/N-ethyl adjacent to an activating group) is 1. The van der Waals surface area contributed by atoms with Gasteiger partial charge in [-0.05, 0) is 32.7 Å². The molecule has 0 radical (unpaired) electrons. The Bertz CT molecular complexity index is 138. The molecule has 2 nitrogen and oxygen atoms in total. The summed E-state index contributed by atoms with van der Waals surface area (Å²) in [7, 11) is 2.23. The van der Waals surface area contributed by atoms with Gasteiger partial charge in [0.05, 0.1) is 6.10 Å². The van der Waals surface area contributed by atoms with Gasteiger partial charge in [0, 0.05) is 19.2 Å². The van der Waals surface area contributed by atoms with Gasteiger partial charge >= 0.3 is 0 Å². The minimum absolute atomic E-state index is 0.558. The van der Waals surface area contributed by atoms with Crippen LogP contribution >= 0.6 is 0 Å². The zero-order valence-corrected chi connectivity index (χ0v) is 7.25. The Hall–Kier alpha value is -0.0800. The van der Waals surface area contributed by atoms with Crippen LogP contribution in [0.25, 0.3) is 0 Å². The second-order valence-electron chi connectivity index (χ2n) is 3.74. The maximum absolute atomic E-state index is 5.76. The number of nitrogens with zero attached hydrogens (tertiary/aromatic N) is 1. The lowest BCUT2D eigenvalue weighted by atomic mass is 10.2. The third-order valence-corrected chi connectivity index (χ3v) is 2.97. The van der Waals surface area contributed by atoms with Gasteiger partial charge in [-0.15, -0.1) is 0 Å². The van der Waals surface area contributed by atoms with Crippen LogP contribution in [-0.4, -0.2) is 37.2 Å². The Labute approximate surface area is 68.5 Å². The summed E-state index contributed by atoms with van der Waals surface area (Å²) in [5, 5.41) is 0. The molecule has 2 aliphatic rings. The van der Waals surface area contributed by atoms with Crippen molar-refractivity contribution in [1.29, 1.82) is 0 Å². The quantitative estimate of drug-likeness (QED) is 0.522. The highest BCUT2D eigenvalue weighted by atomic mass is 16.5. The van der Waals surface area contributed by atoms with Gasteiger partial charge < -0.3 is 9.64 Å². The molecule has 64 valence electrons. The third kappa shape index (κ3) is 1.42. The second-order valence-corrected chi connectivity index (χ2v) is 3.74. The molecule has 1 heterocycles. The summed E-state index contributed by atoms with van der Waals surface area (Å²) in [5.74, 6) is 0. The average Bonchev–Trinajstić information content (AvgIpc) is 2.40. The van der Waals surface area contributed by atoms with Gasteiger partial charge in [0.2, 0.25) is 0 Å². The van der Waals surface area contributed by atoms with Crippen LogP contribution in [-0.2, 0) is 4.74 Å². The largest absolute Gasteiger partial charge is 0.377 e. The van der Waals surface area contributed by atoms with E-state index in [1.807, 2.05) is 0 Å². The van der Waals surface area contributed by atoms with Gasteiger partial charge in [-0.2, -0.15) is 0 Å². The smallest absolute Gasteiger partial charge is 0.0730 e. The van der Waals surface area contributed by atoms with Gasteiger partial charge in [-0.25, -0.2) is 0 Å². The van der Waals surface area contributed by atoms with Gasteiger partial charge in [0.15, 0.2) is 0 Å². The number of fused-ring (bicyclic) bond motifs is 1. The topological polar surface area (TPSA) is 12.5 Å². The number of rotatable bonds is 0. The standard InChI is InChI=1S/C9H17NO/c1-10-6-3-7-11-9-5-2-4-8(9)10/h8-9H,2-7H2,1H3/t8-,9-/m0/s1. The summed E-state index contributed by atoms with van der Waals surface area (Å²) in [4.78, 5) is 2.48. The molecule has 0 aromatic rings. The molecule has 2 heteroatoms. The Morgan fingerprint density at radius 1 is 1.27 bits per heavy atom. The van der Waals surface area contributed by atoms with Crippen molar-refractivity contribution >= 4 is 0 Å². The highest BCUT2D eigenvalue weighted by Crippen LogP contribution is 2.27. The summed E-state index contributed by atoms with van der Waals surface area (Å²) in [5.41, 5.74) is 0. The monoisotopic (exact) mass is 155 g/mol. The van der Waals surface area contributed by atoms with Crippen molar-refractivity contribution in [2.75, 3.05) is 20.2 Å². The molecule has 1 saturated carbocycles. The summed E-state index contributed by atoms with van der Waals surface area (Å²) < 4.78 is 5.76. The molecule has 11 heavy (non-hydrogen) atoms. The van der Waals surface area contributed by atoms with E-state index in [0.717, 1.165) is 12.6 Å². The lowest BCUT2D eigenvalue weighted by molar-refractivity contribution is 0.0387. The van der Waals surface area contributed by atoms with E-state index >= 15 is 0 Å². The first-order valence-electron chi connectivity index (χ1n) is 4.70. The minimum atomic E-state index is 0.558. The fourth-order valence-corrected chi connectivity index (χ4v) is 2.32. The maximum Gasteiger partial charge on any atom is 0.0730 e. The molecule has 0 N–H and O–H groups in total. The third-order valence-electron chi connectivity index (χ3n) is 2.97. The Morgan fingerprint density at radius 3 is 3.09 bits per heavy atom. The fraction of sp³-hybridized carbons (Fsp3) is 1.00. The first-order chi connectivity index (χ1) is 5.38. The van der Waals surface area contributed by atoms with Crippen LogP contribution in [0, 0.1) is 0 Å². The zero-order chi connectivity index (χ0) is 7.68. The van der Waals surface area contributed by atoms with Crippen molar-refractivity contribution in [3.8, 4) is 0 Å². The van der Waals surface area contributed by atoms with Crippen molar-refractivity contribution in [3.05, 3.63) is 0 Å². The lowest BCUT2D eigenvalue weighted by Crippen LogP contribution is -2.36. The zero-order valence-electron chi connectivity index (χ0n) is 7.25. The van der Waals surface area contributed by atoms with E-state index in [4.69, 9.17) is 4.74 Å². The van der Waals surface area contributed by atoms with Crippen LogP contribution in [0.2, 0.25) is 0 Å². The molecular weight excluding hydrogens is 138 g/mol. The normalized spacial score (nSPS) is 40.1. The SMILES string of the molecule is CN1CCCO[C@H]2CCC[C@@H]21. The van der Waals surface area contributed by atoms with Crippen LogP contribution in [0.1, 0.15) is 25.7 Å². The average molecular weight is 155 g/mol. The molecule has 2 rings (SSSR count). The second kappa shape index (κ2) is 3.11. The van der Waals surface area contributed by atoms with E-state index in [1.165, 1.54) is 32.2 Å². The van der Waals surface area contributed by atoms with Crippen molar-refractivity contribution in [2.45, 2.75) is 37.8 Å². The van der Waals surface area contributed by atoms with Crippen molar-refractivity contribution in [2.24, 2.45) is 0 Å². The van der Waals surface area contributed by atoms with Crippen molar-refractivity contribution in [1.82, 2.24) is 4.90 Å². The first-order valence-corrected chi connectivity index (χ1v) is 4.70. The van der Waals surface area contributed by atoms with Crippen LogP contribution in [0.15, 0.2) is 0 Å². The van der Waals surface area contributed by atoms with E-state index in [2.05, 4.69) is 11.9 Å². The summed E-state index contributed by atoms with van der Waals surface area (Å²) >= 11 is 0. The van der Waals surface area contributed by atoms with Crippen LogP contribution in [0.4, 0.5) is 0 Å². The van der Waals surface area contributed by atoms with Gasteiger partial charge in [0.1, 0.15) is 0 Å². The molecule has 1 aliphatic heterocycles. The molecule has 2 atom stereocenters. The Morgan fingerprint density at radius 2 is 2.18 bits per heavy atom. The van der Waals surface area contributed by atoms with E-state index in [0.29, 0.717) is 6.10 Å². The molecule has 0 spiro atoms. The van der Waals surface area contributed by atoms with E-state index in [1.54, 1.807) is 0 Å². The van der Waals surface area contributed by atoms with Crippen LogP contribution in [0.5, 0.6) is 0 Å². The first kappa shape index (κ1) is 7.56. The molecular formula is C9H17NO. The number of ether oxygens (including phenoxy) is 1. The number of hydrogen-bond donors (Lipinski definition) is 0. The van der Waals surface area contributed by atoms with E-state index < -0.39 is 0 Å². The van der Waals surface area contributed by atoms with Gasteiger partial charge in [0.25, 0.3) is 0 Å². The molecule has 0 amide bonds. The molecule has 1 saturated heterocycles. The molecule has 1 aliphatic carbocycles. The highest BCUT2D eigenvalue weighted by molar-refractivity contribution is 4.86. The number of hydrogen-bond acceptors (Lipinski definition) is 2. The highest BCUT2D eigenvalue weighted by Gasteiger charge is 2.32. The lowest BCUT2D eigenvalue weighted by Gasteiger charge is -2.25. The molecule has 0 aromatic heterocycles. The van der Waals surface area contributed by atoms with Crippen LogP contribution in [0.3, 0.4) is 0 Å². The summed E-state index contributed by atoms with van der Waals surface area (Å²) in [6.45, 7) is 2.20. The van der Waals surface area contributed by atoms with E-state index in [9.17, 15) is 0 Å². The predicted octanol–water partition coefficient (Wildman–Crippen LogP) is 1.26. The van der Waals surface area contributed by atoms with Gasteiger partial charge in [-0.1, -0.05) is 0 Å².